The fourth-order valence-corrected chi connectivity index (χ4v) is 2.60. The van der Waals surface area contributed by atoms with E-state index in [-0.39, 0.29) is 40.3 Å². The van der Waals surface area contributed by atoms with Crippen LogP contribution in [0.25, 0.3) is 11.5 Å². The third-order valence-corrected chi connectivity index (χ3v) is 4.00. The second kappa shape index (κ2) is 7.36. The second-order valence-electron chi connectivity index (χ2n) is 5.76. The summed E-state index contributed by atoms with van der Waals surface area (Å²) in [5.74, 6) is 0.297. The van der Waals surface area contributed by atoms with Crippen LogP contribution >= 0.6 is 11.6 Å². The average Bonchev–Trinajstić information content (AvgIpc) is 3.05. The predicted octanol–water partition coefficient (Wildman–Crippen LogP) is 4.18. The highest BCUT2D eigenvalue weighted by atomic mass is 35.5. The van der Waals surface area contributed by atoms with Gasteiger partial charge in [-0.05, 0) is 24.6 Å². The van der Waals surface area contributed by atoms with E-state index < -0.39 is 11.7 Å². The molecule has 0 fully saturated rings. The van der Waals surface area contributed by atoms with E-state index in [4.69, 9.17) is 21.8 Å². The number of nitrogens with one attached hydrogen (secondary N) is 1. The number of nitrogens with zero attached hydrogens (tertiary/aromatic N) is 4. The number of hydrogen-bond acceptors (Lipinski definition) is 7. The molecule has 0 aliphatic carbocycles. The molecular formula is C17H12ClF3N6O. The van der Waals surface area contributed by atoms with Crippen LogP contribution in [0.3, 0.4) is 0 Å². The van der Waals surface area contributed by atoms with Gasteiger partial charge in [0.25, 0.3) is 0 Å². The number of alkyl halides is 3. The highest BCUT2D eigenvalue weighted by Crippen LogP contribution is 2.32. The molecule has 7 nitrogen and oxygen atoms in total. The Morgan fingerprint density at radius 2 is 2.07 bits per heavy atom. The molecule has 0 saturated carbocycles. The Balaban J connectivity index is 1.91. The molecule has 0 spiro atoms. The number of halogens is 4. The van der Waals surface area contributed by atoms with Gasteiger partial charge in [0.15, 0.2) is 11.6 Å². The molecule has 0 amide bonds. The van der Waals surface area contributed by atoms with E-state index in [1.54, 1.807) is 13.0 Å². The summed E-state index contributed by atoms with van der Waals surface area (Å²) in [4.78, 5) is 11.8. The fraction of sp³-hybridized carbons (Fsp3) is 0.176. The zero-order valence-electron chi connectivity index (χ0n) is 14.3. The van der Waals surface area contributed by atoms with Gasteiger partial charge in [-0.3, -0.25) is 4.98 Å². The van der Waals surface area contributed by atoms with Crippen LogP contribution in [0.4, 0.5) is 24.9 Å². The number of nitrogen functional groups attached to an aromatic ring is 1. The molecule has 3 N–H and O–H groups in total. The standard InChI is InChI=1S/C17H12ClF3N6O/c1-8-2-13(28-7-8)14-10(4-22)15(27-16(23)26-14)25-6-12-11(18)3-9(5-24-12)17(19,20)21/h2-3,5,7H,6H2,1H3,(H3,23,25,26,27). The first kappa shape index (κ1) is 19.4. The molecule has 3 aromatic rings. The summed E-state index contributed by atoms with van der Waals surface area (Å²) in [6.45, 7) is 1.72. The number of aryl methyl sites for hydroxylation is 1. The smallest absolute Gasteiger partial charge is 0.417 e. The minimum atomic E-state index is -4.55. The van der Waals surface area contributed by atoms with Gasteiger partial charge < -0.3 is 15.5 Å². The molecule has 0 saturated heterocycles. The summed E-state index contributed by atoms with van der Waals surface area (Å²) in [6, 6.07) is 4.43. The first-order chi connectivity index (χ1) is 13.2. The predicted molar refractivity (Wildman–Crippen MR) is 95.2 cm³/mol. The van der Waals surface area contributed by atoms with E-state index in [1.807, 2.05) is 6.07 Å². The molecule has 0 atom stereocenters. The van der Waals surface area contributed by atoms with E-state index in [9.17, 15) is 18.4 Å². The number of pyridine rings is 1. The van der Waals surface area contributed by atoms with Gasteiger partial charge in [0.2, 0.25) is 5.95 Å². The molecule has 0 aliphatic heterocycles. The number of aromatic nitrogens is 3. The minimum absolute atomic E-state index is 0.0617. The van der Waals surface area contributed by atoms with Crippen LogP contribution < -0.4 is 11.1 Å². The Morgan fingerprint density at radius 3 is 2.64 bits per heavy atom. The maximum Gasteiger partial charge on any atom is 0.417 e. The largest absolute Gasteiger partial charge is 0.462 e. The Bertz CT molecular complexity index is 1070. The average molecular weight is 409 g/mol. The van der Waals surface area contributed by atoms with Crippen LogP contribution in [0.1, 0.15) is 22.4 Å². The number of hydrogen-bond donors (Lipinski definition) is 2. The number of nitriles is 1. The van der Waals surface area contributed by atoms with Crippen molar-refractivity contribution in [1.29, 1.82) is 5.26 Å². The molecule has 0 aliphatic rings. The third kappa shape index (κ3) is 3.99. The van der Waals surface area contributed by atoms with Crippen LogP contribution in [0.2, 0.25) is 5.02 Å². The molecule has 0 radical (unpaired) electrons. The van der Waals surface area contributed by atoms with Crippen molar-refractivity contribution in [1.82, 2.24) is 15.0 Å². The Hall–Kier alpha value is -3.32. The van der Waals surface area contributed by atoms with E-state index in [0.717, 1.165) is 11.6 Å². The van der Waals surface area contributed by atoms with Crippen LogP contribution in [-0.2, 0) is 12.7 Å². The molecule has 0 aromatic carbocycles. The molecule has 11 heteroatoms. The fourth-order valence-electron chi connectivity index (χ4n) is 2.36. The van der Waals surface area contributed by atoms with Crippen molar-refractivity contribution in [3.63, 3.8) is 0 Å². The maximum atomic E-state index is 12.7. The van der Waals surface area contributed by atoms with Crippen molar-refractivity contribution in [3.8, 4) is 17.5 Å². The molecule has 3 rings (SSSR count). The molecule has 28 heavy (non-hydrogen) atoms. The quantitative estimate of drug-likeness (QED) is 0.665. The normalized spacial score (nSPS) is 11.3. The van der Waals surface area contributed by atoms with Crippen molar-refractivity contribution in [2.24, 2.45) is 0 Å². The van der Waals surface area contributed by atoms with Crippen molar-refractivity contribution in [2.75, 3.05) is 11.1 Å². The first-order valence-corrected chi connectivity index (χ1v) is 8.15. The zero-order chi connectivity index (χ0) is 20.5. The number of rotatable bonds is 4. The molecule has 144 valence electrons. The SMILES string of the molecule is Cc1coc(-c2nc(N)nc(NCc3ncc(C(F)(F)F)cc3Cl)c2C#N)c1. The van der Waals surface area contributed by atoms with Gasteiger partial charge >= 0.3 is 6.18 Å². The van der Waals surface area contributed by atoms with Crippen LogP contribution in [-0.4, -0.2) is 15.0 Å². The molecule has 0 unspecified atom stereocenters. The van der Waals surface area contributed by atoms with Crippen molar-refractivity contribution >= 4 is 23.4 Å². The lowest BCUT2D eigenvalue weighted by Gasteiger charge is -2.12. The zero-order valence-corrected chi connectivity index (χ0v) is 15.1. The van der Waals surface area contributed by atoms with Gasteiger partial charge in [-0.2, -0.15) is 23.4 Å². The van der Waals surface area contributed by atoms with Gasteiger partial charge in [-0.1, -0.05) is 11.6 Å². The highest BCUT2D eigenvalue weighted by molar-refractivity contribution is 6.31. The van der Waals surface area contributed by atoms with Gasteiger partial charge in [-0.15, -0.1) is 0 Å². The summed E-state index contributed by atoms with van der Waals surface area (Å²) in [5, 5.41) is 12.2. The number of nitrogens with two attached hydrogens (primary N) is 1. The lowest BCUT2D eigenvalue weighted by atomic mass is 10.1. The van der Waals surface area contributed by atoms with Crippen LogP contribution in [0.5, 0.6) is 0 Å². The molecule has 3 aromatic heterocycles. The summed E-state index contributed by atoms with van der Waals surface area (Å²) in [6.07, 6.45) is -2.37. The molecule has 3 heterocycles. The topological polar surface area (TPSA) is 114 Å². The number of furan rings is 1. The van der Waals surface area contributed by atoms with Gasteiger partial charge in [0.1, 0.15) is 17.3 Å². The second-order valence-corrected chi connectivity index (χ2v) is 6.17. The van der Waals surface area contributed by atoms with Crippen LogP contribution in [0, 0.1) is 18.3 Å². The summed E-state index contributed by atoms with van der Waals surface area (Å²) >= 11 is 5.90. The van der Waals surface area contributed by atoms with E-state index in [2.05, 4.69) is 20.3 Å². The minimum Gasteiger partial charge on any atom is -0.462 e. The monoisotopic (exact) mass is 408 g/mol. The molecule has 0 bridgehead atoms. The van der Waals surface area contributed by atoms with Gasteiger partial charge in [0.05, 0.1) is 29.1 Å². The Morgan fingerprint density at radius 1 is 1.32 bits per heavy atom. The van der Waals surface area contributed by atoms with E-state index in [0.29, 0.717) is 12.0 Å². The first-order valence-electron chi connectivity index (χ1n) is 7.77. The van der Waals surface area contributed by atoms with Crippen molar-refractivity contribution < 1.29 is 17.6 Å². The summed E-state index contributed by atoms with van der Waals surface area (Å²) in [7, 11) is 0. The van der Waals surface area contributed by atoms with Gasteiger partial charge in [0, 0.05) is 6.20 Å². The van der Waals surface area contributed by atoms with Gasteiger partial charge in [-0.25, -0.2) is 4.98 Å². The van der Waals surface area contributed by atoms with Crippen molar-refractivity contribution in [2.45, 2.75) is 19.6 Å². The molecular weight excluding hydrogens is 397 g/mol. The lowest BCUT2D eigenvalue weighted by Crippen LogP contribution is -2.11. The summed E-state index contributed by atoms with van der Waals surface area (Å²) < 4.78 is 43.5. The maximum absolute atomic E-state index is 12.7. The van der Waals surface area contributed by atoms with E-state index in [1.165, 1.54) is 6.26 Å². The highest BCUT2D eigenvalue weighted by Gasteiger charge is 2.31. The Labute approximate surface area is 162 Å². The lowest BCUT2D eigenvalue weighted by molar-refractivity contribution is -0.137. The number of anilines is 2. The van der Waals surface area contributed by atoms with E-state index >= 15 is 0 Å². The van der Waals surface area contributed by atoms with Crippen LogP contribution in [0.15, 0.2) is 29.0 Å². The van der Waals surface area contributed by atoms with Crippen molar-refractivity contribution in [3.05, 3.63) is 52.0 Å². The third-order valence-electron chi connectivity index (χ3n) is 3.67. The summed E-state index contributed by atoms with van der Waals surface area (Å²) in [5.41, 5.74) is 5.98. The Kier molecular flexibility index (Phi) is 5.11.